The molecule has 2 aromatic carbocycles. The number of aryl methyl sites for hydroxylation is 2. The second-order valence-electron chi connectivity index (χ2n) is 9.99. The van der Waals surface area contributed by atoms with Crippen LogP contribution in [-0.4, -0.2) is 35.3 Å². The van der Waals surface area contributed by atoms with Crippen LogP contribution in [0.5, 0.6) is 0 Å². The molecule has 1 saturated carbocycles. The first-order chi connectivity index (χ1) is 16.9. The van der Waals surface area contributed by atoms with Crippen LogP contribution in [0.25, 0.3) is 10.4 Å². The third-order valence-corrected chi connectivity index (χ3v) is 8.52. The van der Waals surface area contributed by atoms with Gasteiger partial charge in [0.15, 0.2) is 0 Å². The van der Waals surface area contributed by atoms with Crippen LogP contribution in [0.15, 0.2) is 42.5 Å². The molecule has 3 aromatic rings. The Morgan fingerprint density at radius 1 is 1.06 bits per heavy atom. The summed E-state index contributed by atoms with van der Waals surface area (Å²) in [6.07, 6.45) is 5.23. The zero-order valence-corrected chi connectivity index (χ0v) is 21.5. The van der Waals surface area contributed by atoms with Gasteiger partial charge in [0.1, 0.15) is 11.7 Å². The second kappa shape index (κ2) is 10.0. The SMILES string of the molecule is Cc1cccc(-c2sc(C3CC3)nc2C(=O)C(NC(=O)c2cccc(C)c2C)C2CCCCN2)c1. The molecule has 0 bridgehead atoms. The van der Waals surface area contributed by atoms with Gasteiger partial charge in [0.25, 0.3) is 5.91 Å². The van der Waals surface area contributed by atoms with Crippen molar-refractivity contribution in [1.82, 2.24) is 15.6 Å². The molecule has 2 N–H and O–H groups in total. The number of Topliss-reactive ketones (excluding diaryl/α,β-unsaturated/α-hetero) is 1. The average Bonchev–Trinajstić information content (AvgIpc) is 3.62. The lowest BCUT2D eigenvalue weighted by Crippen LogP contribution is -2.56. The lowest BCUT2D eigenvalue weighted by atomic mass is 9.92. The highest BCUT2D eigenvalue weighted by molar-refractivity contribution is 7.15. The highest BCUT2D eigenvalue weighted by Crippen LogP contribution is 2.45. The van der Waals surface area contributed by atoms with Gasteiger partial charge in [-0.05, 0) is 75.8 Å². The summed E-state index contributed by atoms with van der Waals surface area (Å²) in [5.41, 5.74) is 5.30. The normalized spacial score (nSPS) is 18.8. The first-order valence-electron chi connectivity index (χ1n) is 12.6. The first kappa shape index (κ1) is 23.9. The quantitative estimate of drug-likeness (QED) is 0.417. The highest BCUT2D eigenvalue weighted by Gasteiger charge is 2.37. The van der Waals surface area contributed by atoms with Crippen LogP contribution in [-0.2, 0) is 0 Å². The van der Waals surface area contributed by atoms with E-state index < -0.39 is 6.04 Å². The third-order valence-electron chi connectivity index (χ3n) is 7.25. The molecule has 6 heteroatoms. The second-order valence-corrected chi connectivity index (χ2v) is 11.0. The van der Waals surface area contributed by atoms with Crippen LogP contribution in [0.2, 0.25) is 0 Å². The van der Waals surface area contributed by atoms with Crippen molar-refractivity contribution in [2.75, 3.05) is 6.54 Å². The van der Waals surface area contributed by atoms with Crippen molar-refractivity contribution >= 4 is 23.0 Å². The van der Waals surface area contributed by atoms with Crippen molar-refractivity contribution in [3.8, 4) is 10.4 Å². The van der Waals surface area contributed by atoms with Gasteiger partial charge in [-0.15, -0.1) is 11.3 Å². The molecule has 2 unspecified atom stereocenters. The standard InChI is InChI=1S/C29H33N3O2S/c1-17-8-6-10-21(16-17)27-25(32-29(35-27)20-13-14-20)26(33)24(23-12-4-5-15-30-23)31-28(34)22-11-7-9-18(2)19(22)3/h6-11,16,20,23-24,30H,4-5,12-15H2,1-3H3,(H,31,34). The lowest BCUT2D eigenvalue weighted by Gasteiger charge is -2.31. The van der Waals surface area contributed by atoms with Gasteiger partial charge >= 0.3 is 0 Å². The molecule has 2 atom stereocenters. The van der Waals surface area contributed by atoms with Gasteiger partial charge in [-0.3, -0.25) is 9.59 Å². The van der Waals surface area contributed by atoms with E-state index in [4.69, 9.17) is 4.98 Å². The summed E-state index contributed by atoms with van der Waals surface area (Å²) in [6, 6.07) is 13.2. The number of thiazole rings is 1. The number of carbonyl (C=O) groups excluding carboxylic acids is 2. The third kappa shape index (κ3) is 5.09. The van der Waals surface area contributed by atoms with Crippen molar-refractivity contribution in [1.29, 1.82) is 0 Å². The Hall–Kier alpha value is -2.83. The first-order valence-corrected chi connectivity index (χ1v) is 13.5. The molecule has 2 heterocycles. The maximum atomic E-state index is 14.2. The Labute approximate surface area is 211 Å². The summed E-state index contributed by atoms with van der Waals surface area (Å²) in [5, 5.41) is 7.67. The van der Waals surface area contributed by atoms with Crippen molar-refractivity contribution < 1.29 is 9.59 Å². The van der Waals surface area contributed by atoms with E-state index in [-0.39, 0.29) is 17.7 Å². The minimum atomic E-state index is -0.666. The van der Waals surface area contributed by atoms with Crippen molar-refractivity contribution in [2.24, 2.45) is 0 Å². The molecule has 2 aliphatic rings. The zero-order chi connectivity index (χ0) is 24.5. The Bertz CT molecular complexity index is 1250. The molecule has 1 aliphatic heterocycles. The Morgan fingerprint density at radius 2 is 1.86 bits per heavy atom. The number of nitrogens with one attached hydrogen (secondary N) is 2. The van der Waals surface area contributed by atoms with Gasteiger partial charge in [-0.1, -0.05) is 48.4 Å². The molecule has 1 saturated heterocycles. The largest absolute Gasteiger partial charge is 0.340 e. The van der Waals surface area contributed by atoms with E-state index in [1.165, 1.54) is 0 Å². The number of benzene rings is 2. The smallest absolute Gasteiger partial charge is 0.252 e. The molecule has 1 aromatic heterocycles. The summed E-state index contributed by atoms with van der Waals surface area (Å²) in [4.78, 5) is 33.4. The van der Waals surface area contributed by atoms with Crippen LogP contribution < -0.4 is 10.6 Å². The summed E-state index contributed by atoms with van der Waals surface area (Å²) < 4.78 is 0. The van der Waals surface area contributed by atoms with Gasteiger partial charge in [-0.2, -0.15) is 0 Å². The Kier molecular flexibility index (Phi) is 6.85. The van der Waals surface area contributed by atoms with Crippen LogP contribution in [0.4, 0.5) is 0 Å². The summed E-state index contributed by atoms with van der Waals surface area (Å²) in [5.74, 6) is 0.162. The minimum Gasteiger partial charge on any atom is -0.340 e. The van der Waals surface area contributed by atoms with E-state index in [2.05, 4.69) is 35.8 Å². The summed E-state index contributed by atoms with van der Waals surface area (Å²) in [7, 11) is 0. The van der Waals surface area contributed by atoms with E-state index in [1.807, 2.05) is 38.1 Å². The van der Waals surface area contributed by atoms with Gasteiger partial charge in [0, 0.05) is 17.5 Å². The van der Waals surface area contributed by atoms with E-state index in [1.54, 1.807) is 11.3 Å². The molecule has 5 nitrogen and oxygen atoms in total. The van der Waals surface area contributed by atoms with Gasteiger partial charge in [-0.25, -0.2) is 4.98 Å². The van der Waals surface area contributed by atoms with E-state index in [9.17, 15) is 9.59 Å². The number of rotatable bonds is 7. The maximum Gasteiger partial charge on any atom is 0.252 e. The Morgan fingerprint density at radius 3 is 2.57 bits per heavy atom. The molecular weight excluding hydrogens is 454 g/mol. The highest BCUT2D eigenvalue weighted by atomic mass is 32.1. The molecule has 35 heavy (non-hydrogen) atoms. The fourth-order valence-corrected chi connectivity index (χ4v) is 6.10. The number of aromatic nitrogens is 1. The number of hydrogen-bond donors (Lipinski definition) is 2. The van der Waals surface area contributed by atoms with Gasteiger partial charge in [0.05, 0.1) is 9.88 Å². The molecule has 1 aliphatic carbocycles. The van der Waals surface area contributed by atoms with E-state index in [0.29, 0.717) is 17.2 Å². The molecule has 0 spiro atoms. The zero-order valence-electron chi connectivity index (χ0n) is 20.7. The van der Waals surface area contributed by atoms with Crippen LogP contribution in [0.1, 0.15) is 80.6 Å². The van der Waals surface area contributed by atoms with Crippen molar-refractivity contribution in [2.45, 2.75) is 70.9 Å². The monoisotopic (exact) mass is 487 g/mol. The predicted octanol–water partition coefficient (Wildman–Crippen LogP) is 5.74. The fraction of sp³-hybridized carbons (Fsp3) is 0.414. The molecule has 1 amide bonds. The van der Waals surface area contributed by atoms with Crippen LogP contribution in [0, 0.1) is 20.8 Å². The average molecular weight is 488 g/mol. The number of carbonyl (C=O) groups is 2. The number of amides is 1. The number of piperidine rings is 1. The van der Waals surface area contributed by atoms with Crippen molar-refractivity contribution in [3.05, 3.63) is 75.4 Å². The fourth-order valence-electron chi connectivity index (χ4n) is 4.87. The summed E-state index contributed by atoms with van der Waals surface area (Å²) in [6.45, 7) is 6.87. The number of ketones is 1. The molecule has 0 radical (unpaired) electrons. The molecule has 182 valence electrons. The molecular formula is C29H33N3O2S. The minimum absolute atomic E-state index is 0.0947. The summed E-state index contributed by atoms with van der Waals surface area (Å²) >= 11 is 1.64. The van der Waals surface area contributed by atoms with Gasteiger partial charge in [0.2, 0.25) is 5.78 Å². The predicted molar refractivity (Wildman–Crippen MR) is 141 cm³/mol. The van der Waals surface area contributed by atoms with Crippen molar-refractivity contribution in [3.63, 3.8) is 0 Å². The molecule has 2 fully saturated rings. The number of nitrogens with zero attached hydrogens (tertiary/aromatic N) is 1. The van der Waals surface area contributed by atoms with Crippen LogP contribution in [0.3, 0.4) is 0 Å². The van der Waals surface area contributed by atoms with E-state index in [0.717, 1.165) is 70.8 Å². The van der Waals surface area contributed by atoms with Gasteiger partial charge < -0.3 is 10.6 Å². The van der Waals surface area contributed by atoms with E-state index >= 15 is 0 Å². The Balaban J connectivity index is 1.52. The number of hydrogen-bond acceptors (Lipinski definition) is 5. The van der Waals surface area contributed by atoms with Crippen LogP contribution >= 0.6 is 11.3 Å². The lowest BCUT2D eigenvalue weighted by molar-refractivity contribution is 0.0822. The maximum absolute atomic E-state index is 14.2. The topological polar surface area (TPSA) is 71.1 Å². The molecule has 5 rings (SSSR count).